The molecule has 5 nitrogen and oxygen atoms in total. The van der Waals surface area contributed by atoms with Gasteiger partial charge in [-0.2, -0.15) is 5.10 Å². The largest absolute Gasteiger partial charge is 0.297 e. The number of hydrazine groups is 1. The summed E-state index contributed by atoms with van der Waals surface area (Å²) in [6, 6.07) is 2.71. The fraction of sp³-hybridized carbons (Fsp3) is 0.812. The second kappa shape index (κ2) is 7.92. The second-order valence-corrected chi connectivity index (χ2v) is 6.29. The monoisotopic (exact) mass is 295 g/mol. The van der Waals surface area contributed by atoms with E-state index in [1.807, 2.05) is 4.68 Å². The van der Waals surface area contributed by atoms with E-state index in [4.69, 9.17) is 10.9 Å². The number of nitrogens with one attached hydrogen (secondary N) is 1. The van der Waals surface area contributed by atoms with Crippen LogP contribution in [0.3, 0.4) is 0 Å². The molecule has 0 spiro atoms. The first-order chi connectivity index (χ1) is 9.90. The molecule has 2 atom stereocenters. The van der Waals surface area contributed by atoms with E-state index in [1.165, 1.54) is 0 Å². The number of nitrogens with two attached hydrogens (primary N) is 1. The molecule has 3 N–H and O–H groups in total. The van der Waals surface area contributed by atoms with Crippen LogP contribution in [0, 0.1) is 0 Å². The first-order valence-electron chi connectivity index (χ1n) is 8.15. The predicted molar refractivity (Wildman–Crippen MR) is 89.0 cm³/mol. The van der Waals surface area contributed by atoms with Gasteiger partial charge in [-0.15, -0.1) is 0 Å². The maximum atomic E-state index is 5.84. The molecule has 0 bridgehead atoms. The lowest BCUT2D eigenvalue weighted by molar-refractivity contribution is 0.0907. The number of rotatable bonds is 9. The van der Waals surface area contributed by atoms with Gasteiger partial charge in [-0.3, -0.25) is 20.9 Å². The Hall–Kier alpha value is -0.910. The third-order valence-electron chi connectivity index (χ3n) is 4.75. The van der Waals surface area contributed by atoms with Crippen molar-refractivity contribution >= 4 is 0 Å². The molecule has 122 valence electrons. The van der Waals surface area contributed by atoms with Gasteiger partial charge in [0.05, 0.1) is 5.69 Å². The molecule has 0 saturated heterocycles. The molecule has 0 aromatic carbocycles. The van der Waals surface area contributed by atoms with Crippen LogP contribution in [0.4, 0.5) is 0 Å². The maximum absolute atomic E-state index is 5.84. The summed E-state index contributed by atoms with van der Waals surface area (Å²) in [6.07, 6.45) is 4.00. The lowest BCUT2D eigenvalue weighted by Crippen LogP contribution is -2.60. The highest BCUT2D eigenvalue weighted by Gasteiger charge is 2.33. The van der Waals surface area contributed by atoms with Crippen LogP contribution >= 0.6 is 0 Å². The molecule has 0 amide bonds. The Balaban J connectivity index is 2.84. The summed E-state index contributed by atoms with van der Waals surface area (Å²) in [5.41, 5.74) is 4.08. The van der Waals surface area contributed by atoms with E-state index < -0.39 is 0 Å². The van der Waals surface area contributed by atoms with Gasteiger partial charge in [-0.05, 0) is 46.3 Å². The molecule has 0 radical (unpaired) electrons. The SMILES string of the molecule is CCC(C)n1ccc(CC(NN)C(C)(C)N(CC)CC)n1. The van der Waals surface area contributed by atoms with Crippen LogP contribution in [0.25, 0.3) is 0 Å². The van der Waals surface area contributed by atoms with Gasteiger partial charge < -0.3 is 0 Å². The summed E-state index contributed by atoms with van der Waals surface area (Å²) in [4.78, 5) is 2.43. The molecular weight excluding hydrogens is 262 g/mol. The molecule has 0 aliphatic rings. The highest BCUT2D eigenvalue weighted by Crippen LogP contribution is 2.21. The molecule has 0 saturated carbocycles. The molecule has 1 aromatic rings. The minimum Gasteiger partial charge on any atom is -0.297 e. The van der Waals surface area contributed by atoms with Crippen LogP contribution < -0.4 is 11.3 Å². The van der Waals surface area contributed by atoms with E-state index in [0.717, 1.165) is 31.6 Å². The van der Waals surface area contributed by atoms with Gasteiger partial charge in [0.1, 0.15) is 0 Å². The van der Waals surface area contributed by atoms with Crippen molar-refractivity contribution in [1.29, 1.82) is 0 Å². The first-order valence-corrected chi connectivity index (χ1v) is 8.15. The van der Waals surface area contributed by atoms with Crippen LogP contribution in [-0.4, -0.2) is 39.4 Å². The fourth-order valence-electron chi connectivity index (χ4n) is 2.90. The molecule has 1 heterocycles. The second-order valence-electron chi connectivity index (χ2n) is 6.29. The average molecular weight is 295 g/mol. The van der Waals surface area contributed by atoms with Crippen molar-refractivity contribution in [2.75, 3.05) is 13.1 Å². The first kappa shape index (κ1) is 18.1. The molecule has 0 fully saturated rings. The molecule has 21 heavy (non-hydrogen) atoms. The van der Waals surface area contributed by atoms with E-state index in [0.29, 0.717) is 6.04 Å². The minimum atomic E-state index is -0.0155. The fourth-order valence-corrected chi connectivity index (χ4v) is 2.90. The van der Waals surface area contributed by atoms with Crippen LogP contribution in [-0.2, 0) is 6.42 Å². The van der Waals surface area contributed by atoms with Crippen molar-refractivity contribution in [3.63, 3.8) is 0 Å². The summed E-state index contributed by atoms with van der Waals surface area (Å²) in [5, 5.41) is 4.70. The number of likely N-dealkylation sites (N-methyl/N-ethyl adjacent to an activating group) is 1. The van der Waals surface area contributed by atoms with Crippen molar-refractivity contribution in [3.05, 3.63) is 18.0 Å². The number of hydrogen-bond acceptors (Lipinski definition) is 4. The van der Waals surface area contributed by atoms with Gasteiger partial charge in [0.15, 0.2) is 0 Å². The lowest BCUT2D eigenvalue weighted by atomic mass is 9.89. The van der Waals surface area contributed by atoms with E-state index >= 15 is 0 Å². The number of aromatic nitrogens is 2. The van der Waals surface area contributed by atoms with E-state index in [1.54, 1.807) is 0 Å². The Bertz CT molecular complexity index is 409. The Kier molecular flexibility index (Phi) is 6.84. The molecular formula is C16H33N5. The summed E-state index contributed by atoms with van der Waals surface area (Å²) >= 11 is 0. The third-order valence-corrected chi connectivity index (χ3v) is 4.75. The van der Waals surface area contributed by atoms with Gasteiger partial charge in [0.25, 0.3) is 0 Å². The summed E-state index contributed by atoms with van der Waals surface area (Å²) < 4.78 is 2.05. The van der Waals surface area contributed by atoms with Crippen LogP contribution in [0.2, 0.25) is 0 Å². The topological polar surface area (TPSA) is 59.1 Å². The van der Waals surface area contributed by atoms with Gasteiger partial charge in [0.2, 0.25) is 0 Å². The number of hydrogen-bond donors (Lipinski definition) is 2. The summed E-state index contributed by atoms with van der Waals surface area (Å²) in [5.74, 6) is 5.84. The van der Waals surface area contributed by atoms with Gasteiger partial charge in [0, 0.05) is 30.2 Å². The van der Waals surface area contributed by atoms with Crippen LogP contribution in [0.15, 0.2) is 12.3 Å². The number of nitrogens with zero attached hydrogens (tertiary/aromatic N) is 3. The summed E-state index contributed by atoms with van der Waals surface area (Å²) in [7, 11) is 0. The maximum Gasteiger partial charge on any atom is 0.0641 e. The predicted octanol–water partition coefficient (Wildman–Crippen LogP) is 2.35. The molecule has 2 unspecified atom stereocenters. The molecule has 0 aliphatic heterocycles. The van der Waals surface area contributed by atoms with Crippen molar-refractivity contribution in [3.8, 4) is 0 Å². The Morgan fingerprint density at radius 2 is 1.95 bits per heavy atom. The lowest BCUT2D eigenvalue weighted by Gasteiger charge is -2.43. The summed E-state index contributed by atoms with van der Waals surface area (Å²) in [6.45, 7) is 15.3. The standard InChI is InChI=1S/C16H33N5/c1-7-13(4)21-11-10-14(19-21)12-15(18-17)16(5,6)20(8-2)9-3/h10-11,13,15,18H,7-9,12,17H2,1-6H3. The molecule has 1 aromatic heterocycles. The van der Waals surface area contributed by atoms with Gasteiger partial charge in [-0.25, -0.2) is 0 Å². The normalized spacial score (nSPS) is 15.4. The van der Waals surface area contributed by atoms with Gasteiger partial charge >= 0.3 is 0 Å². The highest BCUT2D eigenvalue weighted by molar-refractivity contribution is 5.06. The van der Waals surface area contributed by atoms with Crippen molar-refractivity contribution in [2.24, 2.45) is 5.84 Å². The molecule has 0 aliphatic carbocycles. The smallest absolute Gasteiger partial charge is 0.0641 e. The zero-order valence-electron chi connectivity index (χ0n) is 14.6. The Morgan fingerprint density at radius 3 is 2.43 bits per heavy atom. The van der Waals surface area contributed by atoms with Gasteiger partial charge in [-0.1, -0.05) is 20.8 Å². The van der Waals surface area contributed by atoms with E-state index in [9.17, 15) is 0 Å². The zero-order valence-corrected chi connectivity index (χ0v) is 14.6. The Morgan fingerprint density at radius 1 is 1.33 bits per heavy atom. The van der Waals surface area contributed by atoms with Crippen LogP contribution in [0.1, 0.15) is 59.7 Å². The van der Waals surface area contributed by atoms with Crippen molar-refractivity contribution in [2.45, 2.75) is 72.0 Å². The van der Waals surface area contributed by atoms with E-state index in [-0.39, 0.29) is 11.6 Å². The van der Waals surface area contributed by atoms with Crippen molar-refractivity contribution < 1.29 is 0 Å². The Labute approximate surface area is 129 Å². The zero-order chi connectivity index (χ0) is 16.0. The quantitative estimate of drug-likeness (QED) is 0.542. The third kappa shape index (κ3) is 4.28. The van der Waals surface area contributed by atoms with Crippen LogP contribution in [0.5, 0.6) is 0 Å². The van der Waals surface area contributed by atoms with E-state index in [2.05, 4.69) is 64.1 Å². The highest BCUT2D eigenvalue weighted by atomic mass is 15.3. The molecule has 1 rings (SSSR count). The minimum absolute atomic E-state index is 0.0155. The average Bonchev–Trinajstić information content (AvgIpc) is 2.93. The molecule has 5 heteroatoms. The van der Waals surface area contributed by atoms with Crippen molar-refractivity contribution in [1.82, 2.24) is 20.1 Å².